The van der Waals surface area contributed by atoms with Gasteiger partial charge in [0.2, 0.25) is 0 Å². The highest BCUT2D eigenvalue weighted by molar-refractivity contribution is 6.09. The van der Waals surface area contributed by atoms with Crippen molar-refractivity contribution in [2.45, 2.75) is 6.92 Å². The lowest BCUT2D eigenvalue weighted by Crippen LogP contribution is -2.21. The molecule has 2 N–H and O–H groups in total. The Morgan fingerprint density at radius 3 is 2.79 bits per heavy atom. The van der Waals surface area contributed by atoms with Crippen LogP contribution in [0.2, 0.25) is 0 Å². The average Bonchev–Trinajstić information content (AvgIpc) is 2.91. The molecule has 7 heteroatoms. The van der Waals surface area contributed by atoms with E-state index in [1.165, 1.54) is 0 Å². The first-order valence-corrected chi connectivity index (χ1v) is 7.63. The summed E-state index contributed by atoms with van der Waals surface area (Å²) in [5.41, 5.74) is 3.29. The van der Waals surface area contributed by atoms with Gasteiger partial charge in [0.15, 0.2) is 5.65 Å². The highest BCUT2D eigenvalue weighted by atomic mass is 16.3. The quantitative estimate of drug-likeness (QED) is 0.746. The van der Waals surface area contributed by atoms with E-state index in [0.717, 1.165) is 5.69 Å². The lowest BCUT2D eigenvalue weighted by molar-refractivity contribution is 0.102. The van der Waals surface area contributed by atoms with Crippen LogP contribution in [0, 0.1) is 6.92 Å². The van der Waals surface area contributed by atoms with Gasteiger partial charge in [-0.3, -0.25) is 4.79 Å². The van der Waals surface area contributed by atoms with Crippen molar-refractivity contribution in [2.24, 2.45) is 0 Å². The molecule has 0 aliphatic carbocycles. The maximum atomic E-state index is 12.6. The molecule has 7 nitrogen and oxygen atoms in total. The zero-order valence-corrected chi connectivity index (χ0v) is 13.6. The van der Waals surface area contributed by atoms with Crippen LogP contribution in [0.5, 0.6) is 0 Å². The van der Waals surface area contributed by atoms with E-state index in [1.807, 2.05) is 36.2 Å². The molecule has 0 atom stereocenters. The number of carbonyl (C=O) groups excluding carboxylic acids is 1. The molecule has 0 saturated carbocycles. The highest BCUT2D eigenvalue weighted by Gasteiger charge is 2.18. The Kier molecular flexibility index (Phi) is 4.43. The first-order chi connectivity index (χ1) is 11.6. The van der Waals surface area contributed by atoms with Gasteiger partial charge in [-0.25, -0.2) is 9.50 Å². The number of hydrogen-bond acceptors (Lipinski definition) is 5. The molecule has 0 aliphatic heterocycles. The molecule has 1 aromatic carbocycles. The maximum Gasteiger partial charge on any atom is 0.261 e. The number of carbonyl (C=O) groups is 1. The standard InChI is InChI=1S/C17H19N5O2/c1-12-15(16-18-8-3-9-22(16)20-12)17(24)19-13-4-6-14(7-5-13)21(2)10-11-23/h3-9,23H,10-11H2,1-2H3,(H,19,24). The summed E-state index contributed by atoms with van der Waals surface area (Å²) in [5.74, 6) is -0.238. The number of nitrogens with zero attached hydrogens (tertiary/aromatic N) is 4. The minimum absolute atomic E-state index is 0.0932. The summed E-state index contributed by atoms with van der Waals surface area (Å²) in [6.07, 6.45) is 3.40. The van der Waals surface area contributed by atoms with Gasteiger partial charge in [0.05, 0.1) is 12.3 Å². The van der Waals surface area contributed by atoms with Gasteiger partial charge in [-0.15, -0.1) is 0 Å². The van der Waals surface area contributed by atoms with Crippen molar-refractivity contribution >= 4 is 22.9 Å². The maximum absolute atomic E-state index is 12.6. The van der Waals surface area contributed by atoms with Crippen LogP contribution in [0.3, 0.4) is 0 Å². The normalized spacial score (nSPS) is 10.8. The van der Waals surface area contributed by atoms with Crippen LogP contribution in [-0.4, -0.2) is 45.8 Å². The predicted octanol–water partition coefficient (Wildman–Crippen LogP) is 1.72. The molecule has 0 unspecified atom stereocenters. The summed E-state index contributed by atoms with van der Waals surface area (Å²) in [7, 11) is 1.90. The molecule has 124 valence electrons. The van der Waals surface area contributed by atoms with Gasteiger partial charge in [0.25, 0.3) is 5.91 Å². The molecule has 2 heterocycles. The van der Waals surface area contributed by atoms with Crippen molar-refractivity contribution in [3.05, 3.63) is 54.0 Å². The van der Waals surface area contributed by atoms with E-state index in [4.69, 9.17) is 5.11 Å². The van der Waals surface area contributed by atoms with Gasteiger partial charge in [0, 0.05) is 37.4 Å². The summed E-state index contributed by atoms with van der Waals surface area (Å²) in [4.78, 5) is 18.8. The van der Waals surface area contributed by atoms with Crippen LogP contribution in [0.15, 0.2) is 42.7 Å². The number of anilines is 2. The van der Waals surface area contributed by atoms with E-state index in [0.29, 0.717) is 29.1 Å². The molecule has 0 spiro atoms. The second-order valence-electron chi connectivity index (χ2n) is 5.49. The van der Waals surface area contributed by atoms with Crippen molar-refractivity contribution in [3.8, 4) is 0 Å². The van der Waals surface area contributed by atoms with E-state index in [1.54, 1.807) is 29.9 Å². The molecular weight excluding hydrogens is 306 g/mol. The van der Waals surface area contributed by atoms with Crippen LogP contribution >= 0.6 is 0 Å². The Labute approximate surface area is 139 Å². The molecule has 0 radical (unpaired) electrons. The van der Waals surface area contributed by atoms with Crippen molar-refractivity contribution in [1.29, 1.82) is 0 Å². The van der Waals surface area contributed by atoms with Gasteiger partial charge < -0.3 is 15.3 Å². The minimum atomic E-state index is -0.238. The number of aryl methyl sites for hydroxylation is 1. The highest BCUT2D eigenvalue weighted by Crippen LogP contribution is 2.19. The topological polar surface area (TPSA) is 82.8 Å². The number of rotatable bonds is 5. The summed E-state index contributed by atoms with van der Waals surface area (Å²) in [6, 6.07) is 9.22. The molecule has 0 fully saturated rings. The number of likely N-dealkylation sites (N-methyl/N-ethyl adjacent to an activating group) is 1. The van der Waals surface area contributed by atoms with Crippen molar-refractivity contribution < 1.29 is 9.90 Å². The SMILES string of the molecule is Cc1nn2cccnc2c1C(=O)Nc1ccc(N(C)CCO)cc1. The van der Waals surface area contributed by atoms with Crippen molar-refractivity contribution in [3.63, 3.8) is 0 Å². The zero-order valence-electron chi connectivity index (χ0n) is 13.6. The summed E-state index contributed by atoms with van der Waals surface area (Å²) >= 11 is 0. The number of aliphatic hydroxyl groups excluding tert-OH is 1. The molecule has 1 amide bonds. The molecule has 0 aliphatic rings. The predicted molar refractivity (Wildman–Crippen MR) is 92.5 cm³/mol. The molecule has 24 heavy (non-hydrogen) atoms. The molecule has 3 rings (SSSR count). The largest absolute Gasteiger partial charge is 0.395 e. The average molecular weight is 325 g/mol. The van der Waals surface area contributed by atoms with Crippen LogP contribution in [0.25, 0.3) is 5.65 Å². The monoisotopic (exact) mass is 325 g/mol. The number of hydrogen-bond donors (Lipinski definition) is 2. The Morgan fingerprint density at radius 1 is 1.33 bits per heavy atom. The number of nitrogens with one attached hydrogen (secondary N) is 1. The second-order valence-corrected chi connectivity index (χ2v) is 5.49. The van der Waals surface area contributed by atoms with Gasteiger partial charge >= 0.3 is 0 Å². The molecule has 0 bridgehead atoms. The Hall–Kier alpha value is -2.93. The fraction of sp³-hybridized carbons (Fsp3) is 0.235. The van der Waals surface area contributed by atoms with E-state index in [2.05, 4.69) is 15.4 Å². The molecule has 2 aromatic heterocycles. The smallest absolute Gasteiger partial charge is 0.261 e. The van der Waals surface area contributed by atoms with E-state index in [-0.39, 0.29) is 12.5 Å². The van der Waals surface area contributed by atoms with E-state index in [9.17, 15) is 4.79 Å². The van der Waals surface area contributed by atoms with Gasteiger partial charge in [-0.2, -0.15) is 5.10 Å². The number of aliphatic hydroxyl groups is 1. The van der Waals surface area contributed by atoms with Crippen LogP contribution < -0.4 is 10.2 Å². The van der Waals surface area contributed by atoms with Gasteiger partial charge in [0.1, 0.15) is 5.56 Å². The summed E-state index contributed by atoms with van der Waals surface area (Å²) < 4.78 is 1.59. The number of fused-ring (bicyclic) bond motifs is 1. The first-order valence-electron chi connectivity index (χ1n) is 7.63. The van der Waals surface area contributed by atoms with Crippen molar-refractivity contribution in [1.82, 2.24) is 14.6 Å². The lowest BCUT2D eigenvalue weighted by Gasteiger charge is -2.18. The Bertz CT molecular complexity index is 857. The van der Waals surface area contributed by atoms with Gasteiger partial charge in [-0.05, 0) is 37.3 Å². The van der Waals surface area contributed by atoms with Crippen LogP contribution in [0.1, 0.15) is 16.1 Å². The van der Waals surface area contributed by atoms with Crippen LogP contribution in [0.4, 0.5) is 11.4 Å². The molecular formula is C17H19N5O2. The third kappa shape index (κ3) is 3.07. The molecule has 0 saturated heterocycles. The summed E-state index contributed by atoms with van der Waals surface area (Å²) in [6.45, 7) is 2.44. The van der Waals surface area contributed by atoms with E-state index < -0.39 is 0 Å². The molecule has 3 aromatic rings. The zero-order chi connectivity index (χ0) is 17.1. The van der Waals surface area contributed by atoms with Gasteiger partial charge in [-0.1, -0.05) is 0 Å². The van der Waals surface area contributed by atoms with E-state index >= 15 is 0 Å². The number of benzene rings is 1. The number of amides is 1. The summed E-state index contributed by atoms with van der Waals surface area (Å²) in [5, 5.41) is 16.1. The Morgan fingerprint density at radius 2 is 2.08 bits per heavy atom. The van der Waals surface area contributed by atoms with Crippen LogP contribution in [-0.2, 0) is 0 Å². The fourth-order valence-corrected chi connectivity index (χ4v) is 2.53. The fourth-order valence-electron chi connectivity index (χ4n) is 2.53. The Balaban J connectivity index is 1.80. The number of aromatic nitrogens is 3. The third-order valence-corrected chi connectivity index (χ3v) is 3.80. The lowest BCUT2D eigenvalue weighted by atomic mass is 10.2. The third-order valence-electron chi connectivity index (χ3n) is 3.80. The minimum Gasteiger partial charge on any atom is -0.395 e. The second kappa shape index (κ2) is 6.67. The first kappa shape index (κ1) is 15.9. The van der Waals surface area contributed by atoms with Crippen molar-refractivity contribution in [2.75, 3.05) is 30.4 Å².